The Morgan fingerprint density at radius 3 is 2.38 bits per heavy atom. The Bertz CT molecular complexity index is 1190. The fourth-order valence-corrected chi connectivity index (χ4v) is 3.07. The first kappa shape index (κ1) is 22.6. The zero-order valence-electron chi connectivity index (χ0n) is 18.7. The number of aryl methyl sites for hydroxylation is 3. The molecule has 5 heteroatoms. The molecule has 0 aliphatic rings. The van der Waals surface area contributed by atoms with Gasteiger partial charge < -0.3 is 14.8 Å². The summed E-state index contributed by atoms with van der Waals surface area (Å²) in [4.78, 5) is 12.6. The molecule has 1 N–H and O–H groups in total. The van der Waals surface area contributed by atoms with E-state index in [-0.39, 0.29) is 5.57 Å². The molecule has 162 valence electrons. The number of hydrogen-bond donors (Lipinski definition) is 1. The Morgan fingerprint density at radius 2 is 1.72 bits per heavy atom. The fourth-order valence-electron chi connectivity index (χ4n) is 3.07. The first-order valence-corrected chi connectivity index (χ1v) is 10.3. The van der Waals surface area contributed by atoms with Gasteiger partial charge in [-0.3, -0.25) is 4.79 Å². The van der Waals surface area contributed by atoms with Gasteiger partial charge in [0.1, 0.15) is 18.2 Å². The monoisotopic (exact) mass is 426 g/mol. The molecular weight excluding hydrogens is 400 g/mol. The number of rotatable bonds is 7. The maximum absolute atomic E-state index is 12.6. The fraction of sp³-hybridized carbons (Fsp3) is 0.185. The number of carbonyl (C=O) groups is 1. The molecule has 0 atom stereocenters. The van der Waals surface area contributed by atoms with Crippen molar-refractivity contribution in [3.05, 3.63) is 94.1 Å². The second kappa shape index (κ2) is 10.3. The summed E-state index contributed by atoms with van der Waals surface area (Å²) in [6.45, 7) is 6.43. The van der Waals surface area contributed by atoms with Crippen molar-refractivity contribution in [2.45, 2.75) is 27.4 Å². The van der Waals surface area contributed by atoms with Gasteiger partial charge in [-0.15, -0.1) is 0 Å². The molecule has 0 aliphatic carbocycles. The average Bonchev–Trinajstić information content (AvgIpc) is 2.79. The van der Waals surface area contributed by atoms with Crippen molar-refractivity contribution in [1.82, 2.24) is 0 Å². The molecule has 0 aliphatic heterocycles. The standard InChI is InChI=1S/C27H26N2O3/c1-18-5-8-21(9-6-18)17-32-25-12-10-22(15-26(25)31-4)14-23(16-28)27(30)29-24-11-7-19(2)20(3)13-24/h5-15H,17H2,1-4H3,(H,29,30)/b23-14-. The maximum Gasteiger partial charge on any atom is 0.266 e. The Morgan fingerprint density at radius 1 is 0.969 bits per heavy atom. The van der Waals surface area contributed by atoms with E-state index in [0.717, 1.165) is 16.7 Å². The van der Waals surface area contributed by atoms with Crippen molar-refractivity contribution in [2.75, 3.05) is 12.4 Å². The van der Waals surface area contributed by atoms with Crippen molar-refractivity contribution in [2.24, 2.45) is 0 Å². The van der Waals surface area contributed by atoms with E-state index in [4.69, 9.17) is 9.47 Å². The molecule has 5 nitrogen and oxygen atoms in total. The molecule has 0 fully saturated rings. The second-order valence-electron chi connectivity index (χ2n) is 7.61. The van der Waals surface area contributed by atoms with Gasteiger partial charge in [0, 0.05) is 5.69 Å². The highest BCUT2D eigenvalue weighted by Crippen LogP contribution is 2.30. The Hall–Kier alpha value is -4.04. The summed E-state index contributed by atoms with van der Waals surface area (Å²) < 4.78 is 11.3. The summed E-state index contributed by atoms with van der Waals surface area (Å²) in [7, 11) is 1.55. The van der Waals surface area contributed by atoms with Crippen LogP contribution in [0, 0.1) is 32.1 Å². The molecule has 0 radical (unpaired) electrons. The molecule has 0 bridgehead atoms. The van der Waals surface area contributed by atoms with Crippen molar-refractivity contribution in [3.8, 4) is 17.6 Å². The van der Waals surface area contributed by atoms with Crippen LogP contribution >= 0.6 is 0 Å². The van der Waals surface area contributed by atoms with Crippen LogP contribution in [0.15, 0.2) is 66.2 Å². The predicted molar refractivity (Wildman–Crippen MR) is 127 cm³/mol. The van der Waals surface area contributed by atoms with E-state index in [1.807, 2.05) is 69.3 Å². The first-order chi connectivity index (χ1) is 15.4. The molecule has 0 spiro atoms. The number of benzene rings is 3. The van der Waals surface area contributed by atoms with Crippen LogP contribution in [0.25, 0.3) is 6.08 Å². The van der Waals surface area contributed by atoms with Gasteiger partial charge in [-0.25, -0.2) is 0 Å². The number of nitriles is 1. The number of ether oxygens (including phenoxy) is 2. The lowest BCUT2D eigenvalue weighted by Crippen LogP contribution is -2.13. The molecule has 3 aromatic carbocycles. The lowest BCUT2D eigenvalue weighted by Gasteiger charge is -2.12. The lowest BCUT2D eigenvalue weighted by molar-refractivity contribution is -0.112. The van der Waals surface area contributed by atoms with Crippen molar-refractivity contribution < 1.29 is 14.3 Å². The number of methoxy groups -OCH3 is 1. The third-order valence-electron chi connectivity index (χ3n) is 5.14. The molecule has 0 saturated heterocycles. The van der Waals surface area contributed by atoms with Gasteiger partial charge in [0.2, 0.25) is 0 Å². The minimum atomic E-state index is -0.464. The molecule has 0 unspecified atom stereocenters. The van der Waals surface area contributed by atoms with Gasteiger partial charge in [0.05, 0.1) is 7.11 Å². The van der Waals surface area contributed by atoms with E-state index in [2.05, 4.69) is 5.32 Å². The van der Waals surface area contributed by atoms with E-state index < -0.39 is 5.91 Å². The largest absolute Gasteiger partial charge is 0.493 e. The van der Waals surface area contributed by atoms with Crippen LogP contribution in [-0.4, -0.2) is 13.0 Å². The van der Waals surface area contributed by atoms with Crippen LogP contribution in [0.3, 0.4) is 0 Å². The number of nitrogens with zero attached hydrogens (tertiary/aromatic N) is 1. The highest BCUT2D eigenvalue weighted by molar-refractivity contribution is 6.09. The van der Waals surface area contributed by atoms with Crippen LogP contribution in [-0.2, 0) is 11.4 Å². The van der Waals surface area contributed by atoms with Crippen LogP contribution in [0.1, 0.15) is 27.8 Å². The van der Waals surface area contributed by atoms with Crippen molar-refractivity contribution in [3.63, 3.8) is 0 Å². The van der Waals surface area contributed by atoms with E-state index >= 15 is 0 Å². The summed E-state index contributed by atoms with van der Waals surface area (Å²) in [5.74, 6) is 0.649. The highest BCUT2D eigenvalue weighted by Gasteiger charge is 2.12. The molecular formula is C27H26N2O3. The second-order valence-corrected chi connectivity index (χ2v) is 7.61. The van der Waals surface area contributed by atoms with E-state index in [1.54, 1.807) is 25.3 Å². The topological polar surface area (TPSA) is 71.3 Å². The van der Waals surface area contributed by atoms with Gasteiger partial charge in [-0.05, 0) is 73.4 Å². The van der Waals surface area contributed by atoms with Gasteiger partial charge in [-0.2, -0.15) is 5.26 Å². The third-order valence-corrected chi connectivity index (χ3v) is 5.14. The Labute approximate surface area is 188 Å². The first-order valence-electron chi connectivity index (χ1n) is 10.3. The summed E-state index contributed by atoms with van der Waals surface area (Å²) in [5, 5.41) is 12.3. The minimum Gasteiger partial charge on any atom is -0.493 e. The minimum absolute atomic E-state index is 0.00129. The molecule has 3 rings (SSSR count). The summed E-state index contributed by atoms with van der Waals surface area (Å²) in [5.41, 5.74) is 5.76. The summed E-state index contributed by atoms with van der Waals surface area (Å²) in [6, 6.07) is 21.0. The molecule has 0 heterocycles. The Balaban J connectivity index is 1.75. The lowest BCUT2D eigenvalue weighted by atomic mass is 10.1. The maximum atomic E-state index is 12.6. The normalized spacial score (nSPS) is 10.9. The average molecular weight is 427 g/mol. The predicted octanol–water partition coefficient (Wildman–Crippen LogP) is 5.75. The van der Waals surface area contributed by atoms with Crippen LogP contribution < -0.4 is 14.8 Å². The highest BCUT2D eigenvalue weighted by atomic mass is 16.5. The smallest absolute Gasteiger partial charge is 0.266 e. The van der Waals surface area contributed by atoms with Gasteiger partial charge in [0.25, 0.3) is 5.91 Å². The van der Waals surface area contributed by atoms with E-state index in [9.17, 15) is 10.1 Å². The molecule has 0 aromatic heterocycles. The van der Waals surface area contributed by atoms with Gasteiger partial charge in [-0.1, -0.05) is 42.0 Å². The number of anilines is 1. The van der Waals surface area contributed by atoms with Crippen molar-refractivity contribution in [1.29, 1.82) is 5.26 Å². The number of carbonyl (C=O) groups excluding carboxylic acids is 1. The number of hydrogen-bond acceptors (Lipinski definition) is 4. The SMILES string of the molecule is COc1cc(/C=C(/C#N)C(=O)Nc2ccc(C)c(C)c2)ccc1OCc1ccc(C)cc1. The third kappa shape index (κ3) is 5.77. The molecule has 3 aromatic rings. The number of amides is 1. The summed E-state index contributed by atoms with van der Waals surface area (Å²) >= 11 is 0. The van der Waals surface area contributed by atoms with Crippen LogP contribution in [0.5, 0.6) is 11.5 Å². The molecule has 1 amide bonds. The Kier molecular flexibility index (Phi) is 7.30. The van der Waals surface area contributed by atoms with Gasteiger partial charge in [0.15, 0.2) is 11.5 Å². The zero-order chi connectivity index (χ0) is 23.1. The van der Waals surface area contributed by atoms with Crippen molar-refractivity contribution >= 4 is 17.7 Å². The summed E-state index contributed by atoms with van der Waals surface area (Å²) in [6.07, 6.45) is 1.53. The van der Waals surface area contributed by atoms with Gasteiger partial charge >= 0.3 is 0 Å². The quantitative estimate of drug-likeness (QED) is 0.386. The zero-order valence-corrected chi connectivity index (χ0v) is 18.7. The molecule has 32 heavy (non-hydrogen) atoms. The van der Waals surface area contributed by atoms with E-state index in [1.165, 1.54) is 11.6 Å². The van der Waals surface area contributed by atoms with Crippen LogP contribution in [0.4, 0.5) is 5.69 Å². The number of nitrogens with one attached hydrogen (secondary N) is 1. The van der Waals surface area contributed by atoms with Crippen LogP contribution in [0.2, 0.25) is 0 Å². The molecule has 0 saturated carbocycles. The van der Waals surface area contributed by atoms with E-state index in [0.29, 0.717) is 29.4 Å².